The summed E-state index contributed by atoms with van der Waals surface area (Å²) >= 11 is 0. The van der Waals surface area contributed by atoms with Gasteiger partial charge in [-0.3, -0.25) is 9.69 Å². The lowest BCUT2D eigenvalue weighted by atomic mass is 9.94. The number of rotatable bonds is 3. The minimum Gasteiger partial charge on any atom is -0.364 e. The van der Waals surface area contributed by atoms with E-state index in [4.69, 9.17) is 4.52 Å². The molecular weight excluding hydrogens is 192 g/mol. The summed E-state index contributed by atoms with van der Waals surface area (Å²) in [6.07, 6.45) is 5.54. The number of piperidine rings is 1. The lowest BCUT2D eigenvalue weighted by molar-refractivity contribution is -0.122. The van der Waals surface area contributed by atoms with Crippen molar-refractivity contribution in [1.82, 2.24) is 10.1 Å². The van der Waals surface area contributed by atoms with Gasteiger partial charge in [-0.25, -0.2) is 0 Å². The molecule has 0 N–H and O–H groups in total. The van der Waals surface area contributed by atoms with Gasteiger partial charge >= 0.3 is 0 Å². The van der Waals surface area contributed by atoms with Gasteiger partial charge < -0.3 is 4.52 Å². The summed E-state index contributed by atoms with van der Waals surface area (Å²) < 4.78 is 4.79. The van der Waals surface area contributed by atoms with Crippen LogP contribution in [0.5, 0.6) is 0 Å². The first-order valence-corrected chi connectivity index (χ1v) is 5.37. The second-order valence-electron chi connectivity index (χ2n) is 4.22. The summed E-state index contributed by atoms with van der Waals surface area (Å²) in [4.78, 5) is 13.6. The topological polar surface area (TPSA) is 46.3 Å². The number of Topliss-reactive ketones (excluding diaryl/α,β-unsaturated/α-hetero) is 1. The lowest BCUT2D eigenvalue weighted by Gasteiger charge is -2.30. The molecule has 0 bridgehead atoms. The van der Waals surface area contributed by atoms with Crippen molar-refractivity contribution in [2.24, 2.45) is 5.92 Å². The number of carbonyl (C=O) groups excluding carboxylic acids is 1. The zero-order chi connectivity index (χ0) is 10.7. The van der Waals surface area contributed by atoms with E-state index in [1.807, 2.05) is 0 Å². The van der Waals surface area contributed by atoms with E-state index in [1.165, 1.54) is 0 Å². The van der Waals surface area contributed by atoms with E-state index >= 15 is 0 Å². The van der Waals surface area contributed by atoms with Crippen LogP contribution < -0.4 is 0 Å². The van der Waals surface area contributed by atoms with E-state index in [9.17, 15) is 4.79 Å². The number of nitrogens with zero attached hydrogens (tertiary/aromatic N) is 2. The molecule has 1 unspecified atom stereocenters. The SMILES string of the molecule is CC(=O)C1CCCN(Cc2cnoc2)C1. The summed E-state index contributed by atoms with van der Waals surface area (Å²) in [6, 6.07) is 0. The van der Waals surface area contributed by atoms with Gasteiger partial charge in [0.25, 0.3) is 0 Å². The van der Waals surface area contributed by atoms with Crippen molar-refractivity contribution in [3.8, 4) is 0 Å². The van der Waals surface area contributed by atoms with Gasteiger partial charge in [0.15, 0.2) is 0 Å². The fraction of sp³-hybridized carbons (Fsp3) is 0.636. The third-order valence-electron chi connectivity index (χ3n) is 2.97. The van der Waals surface area contributed by atoms with E-state index < -0.39 is 0 Å². The van der Waals surface area contributed by atoms with E-state index in [0.29, 0.717) is 5.78 Å². The Balaban J connectivity index is 1.90. The van der Waals surface area contributed by atoms with Crippen molar-refractivity contribution >= 4 is 5.78 Å². The second kappa shape index (κ2) is 4.57. The molecule has 1 saturated heterocycles. The Hall–Kier alpha value is -1.16. The van der Waals surface area contributed by atoms with Crippen molar-refractivity contribution in [3.63, 3.8) is 0 Å². The molecule has 0 amide bonds. The number of carbonyl (C=O) groups is 1. The molecule has 0 radical (unpaired) electrons. The number of ketones is 1. The molecule has 0 spiro atoms. The predicted molar refractivity (Wildman–Crippen MR) is 55.2 cm³/mol. The average Bonchev–Trinajstić information content (AvgIpc) is 2.71. The van der Waals surface area contributed by atoms with Gasteiger partial charge in [-0.2, -0.15) is 0 Å². The molecule has 1 aromatic heterocycles. The summed E-state index contributed by atoms with van der Waals surface area (Å²) in [5, 5.41) is 3.67. The number of hydrogen-bond donors (Lipinski definition) is 0. The van der Waals surface area contributed by atoms with Crippen LogP contribution in [-0.4, -0.2) is 28.9 Å². The van der Waals surface area contributed by atoms with Gasteiger partial charge in [0, 0.05) is 24.6 Å². The highest BCUT2D eigenvalue weighted by Crippen LogP contribution is 2.18. The summed E-state index contributed by atoms with van der Waals surface area (Å²) in [6.45, 7) is 4.47. The van der Waals surface area contributed by atoms with Crippen LogP contribution in [-0.2, 0) is 11.3 Å². The van der Waals surface area contributed by atoms with Gasteiger partial charge in [-0.1, -0.05) is 5.16 Å². The highest BCUT2D eigenvalue weighted by atomic mass is 16.5. The highest BCUT2D eigenvalue weighted by Gasteiger charge is 2.23. The zero-order valence-corrected chi connectivity index (χ0v) is 8.98. The predicted octanol–water partition coefficient (Wildman–Crippen LogP) is 1.48. The second-order valence-corrected chi connectivity index (χ2v) is 4.22. The Morgan fingerprint density at radius 2 is 2.60 bits per heavy atom. The van der Waals surface area contributed by atoms with Crippen LogP contribution in [0.1, 0.15) is 25.3 Å². The van der Waals surface area contributed by atoms with E-state index in [2.05, 4.69) is 10.1 Å². The molecule has 0 saturated carbocycles. The van der Waals surface area contributed by atoms with Crippen LogP contribution in [0, 0.1) is 5.92 Å². The lowest BCUT2D eigenvalue weighted by Crippen LogP contribution is -2.37. The molecule has 15 heavy (non-hydrogen) atoms. The largest absolute Gasteiger partial charge is 0.364 e. The molecule has 1 fully saturated rings. The minimum atomic E-state index is 0.221. The normalized spacial score (nSPS) is 22.9. The molecule has 1 aliphatic rings. The fourth-order valence-corrected chi connectivity index (χ4v) is 2.09. The first kappa shape index (κ1) is 10.4. The molecule has 2 heterocycles. The molecule has 0 aromatic carbocycles. The molecule has 1 atom stereocenters. The maximum atomic E-state index is 11.3. The quantitative estimate of drug-likeness (QED) is 0.754. The molecule has 82 valence electrons. The van der Waals surface area contributed by atoms with E-state index in [0.717, 1.165) is 38.0 Å². The Bertz CT molecular complexity index is 321. The Kier molecular flexibility index (Phi) is 3.16. The minimum absolute atomic E-state index is 0.221. The molecule has 1 aromatic rings. The van der Waals surface area contributed by atoms with Crippen molar-refractivity contribution in [2.45, 2.75) is 26.3 Å². The first-order valence-electron chi connectivity index (χ1n) is 5.37. The van der Waals surface area contributed by atoms with Crippen molar-refractivity contribution in [1.29, 1.82) is 0 Å². The van der Waals surface area contributed by atoms with Crippen LogP contribution >= 0.6 is 0 Å². The molecule has 4 heteroatoms. The maximum absolute atomic E-state index is 11.3. The average molecular weight is 208 g/mol. The van der Waals surface area contributed by atoms with Gasteiger partial charge in [0.1, 0.15) is 12.0 Å². The summed E-state index contributed by atoms with van der Waals surface area (Å²) in [7, 11) is 0. The van der Waals surface area contributed by atoms with Gasteiger partial charge in [0.05, 0.1) is 6.20 Å². The van der Waals surface area contributed by atoms with Crippen molar-refractivity contribution in [3.05, 3.63) is 18.0 Å². The van der Waals surface area contributed by atoms with Crippen molar-refractivity contribution in [2.75, 3.05) is 13.1 Å². The van der Waals surface area contributed by atoms with Crippen LogP contribution in [0.2, 0.25) is 0 Å². The Labute approximate surface area is 89.2 Å². The van der Waals surface area contributed by atoms with Crippen molar-refractivity contribution < 1.29 is 9.32 Å². The molecule has 4 nitrogen and oxygen atoms in total. The third kappa shape index (κ3) is 2.65. The monoisotopic (exact) mass is 208 g/mol. The smallest absolute Gasteiger partial charge is 0.134 e. The summed E-state index contributed by atoms with van der Waals surface area (Å²) in [5.41, 5.74) is 1.08. The standard InChI is InChI=1S/C11H16N2O2/c1-9(14)11-3-2-4-13(7-11)6-10-5-12-15-8-10/h5,8,11H,2-4,6-7H2,1H3. The number of hydrogen-bond acceptors (Lipinski definition) is 4. The number of aromatic nitrogens is 1. The van der Waals surface area contributed by atoms with Crippen LogP contribution in [0.15, 0.2) is 17.0 Å². The molecule has 2 rings (SSSR count). The molecule has 0 aliphatic carbocycles. The fourth-order valence-electron chi connectivity index (χ4n) is 2.09. The van der Waals surface area contributed by atoms with Gasteiger partial charge in [-0.05, 0) is 26.3 Å². The zero-order valence-electron chi connectivity index (χ0n) is 8.98. The van der Waals surface area contributed by atoms with Crippen LogP contribution in [0.25, 0.3) is 0 Å². The van der Waals surface area contributed by atoms with E-state index in [1.54, 1.807) is 19.4 Å². The molecule has 1 aliphatic heterocycles. The summed E-state index contributed by atoms with van der Waals surface area (Å²) in [5.74, 6) is 0.531. The Morgan fingerprint density at radius 3 is 3.27 bits per heavy atom. The van der Waals surface area contributed by atoms with Gasteiger partial charge in [0.2, 0.25) is 0 Å². The third-order valence-corrected chi connectivity index (χ3v) is 2.97. The highest BCUT2D eigenvalue weighted by molar-refractivity contribution is 5.78. The van der Waals surface area contributed by atoms with Crippen LogP contribution in [0.3, 0.4) is 0 Å². The van der Waals surface area contributed by atoms with Crippen LogP contribution in [0.4, 0.5) is 0 Å². The maximum Gasteiger partial charge on any atom is 0.134 e. The molecular formula is C11H16N2O2. The first-order chi connectivity index (χ1) is 7.25. The Morgan fingerprint density at radius 1 is 1.73 bits per heavy atom. The van der Waals surface area contributed by atoms with E-state index in [-0.39, 0.29) is 5.92 Å². The number of likely N-dealkylation sites (tertiary alicyclic amines) is 1. The van der Waals surface area contributed by atoms with Gasteiger partial charge in [-0.15, -0.1) is 0 Å².